The predicted molar refractivity (Wildman–Crippen MR) is 107 cm³/mol. The van der Waals surface area contributed by atoms with Gasteiger partial charge in [-0.05, 0) is 43.3 Å². The van der Waals surface area contributed by atoms with Crippen molar-refractivity contribution in [2.24, 2.45) is 0 Å². The Labute approximate surface area is 177 Å². The minimum Gasteiger partial charge on any atom is -0.459 e. The molecule has 1 atom stereocenters. The molecule has 31 heavy (non-hydrogen) atoms. The van der Waals surface area contributed by atoms with Crippen LogP contribution in [-0.2, 0) is 9.59 Å². The van der Waals surface area contributed by atoms with Crippen molar-refractivity contribution < 1.29 is 28.0 Å². The van der Waals surface area contributed by atoms with Crippen molar-refractivity contribution in [3.8, 4) is 0 Å². The van der Waals surface area contributed by atoms with E-state index in [1.165, 1.54) is 40.3 Å². The Balaban J connectivity index is 1.37. The van der Waals surface area contributed by atoms with Gasteiger partial charge in [-0.1, -0.05) is 0 Å². The van der Waals surface area contributed by atoms with Crippen molar-refractivity contribution in [3.05, 3.63) is 54.2 Å². The molecule has 2 aliphatic rings. The third-order valence-electron chi connectivity index (χ3n) is 5.50. The van der Waals surface area contributed by atoms with Crippen molar-refractivity contribution in [2.45, 2.75) is 13.0 Å². The van der Waals surface area contributed by atoms with Gasteiger partial charge in [0, 0.05) is 31.9 Å². The van der Waals surface area contributed by atoms with Gasteiger partial charge in [0.25, 0.3) is 11.8 Å². The van der Waals surface area contributed by atoms with Crippen LogP contribution in [0.3, 0.4) is 0 Å². The summed E-state index contributed by atoms with van der Waals surface area (Å²) in [6.45, 7) is 2.41. The van der Waals surface area contributed by atoms with Crippen molar-refractivity contribution in [1.29, 1.82) is 0 Å². The molecule has 4 rings (SSSR count). The summed E-state index contributed by atoms with van der Waals surface area (Å²) in [5.74, 6) is -1.32. The van der Waals surface area contributed by atoms with Gasteiger partial charge in [-0.3, -0.25) is 24.2 Å². The summed E-state index contributed by atoms with van der Waals surface area (Å²) in [5, 5.41) is 0. The second kappa shape index (κ2) is 8.21. The van der Waals surface area contributed by atoms with Gasteiger partial charge < -0.3 is 14.2 Å². The lowest BCUT2D eigenvalue weighted by molar-refractivity contribution is -0.138. The number of benzene rings is 1. The topological polar surface area (TPSA) is 94.4 Å². The SMILES string of the molecule is CC1C(=O)N(CC(=O)N2CCN(C(=O)c3ccco3)CC2)C(=O)N1c1ccc(F)cc1. The molecule has 2 aromatic rings. The molecule has 2 aliphatic heterocycles. The van der Waals surface area contributed by atoms with Gasteiger partial charge in [-0.2, -0.15) is 0 Å². The van der Waals surface area contributed by atoms with Crippen LogP contribution in [0.4, 0.5) is 14.9 Å². The average molecular weight is 428 g/mol. The third-order valence-corrected chi connectivity index (χ3v) is 5.50. The molecule has 0 aliphatic carbocycles. The molecule has 0 saturated carbocycles. The first-order valence-corrected chi connectivity index (χ1v) is 9.87. The maximum absolute atomic E-state index is 13.2. The van der Waals surface area contributed by atoms with E-state index in [-0.39, 0.29) is 24.1 Å². The molecular formula is C21H21FN4O5. The van der Waals surface area contributed by atoms with E-state index in [0.717, 1.165) is 4.90 Å². The number of rotatable bonds is 4. The Morgan fingerprint density at radius 2 is 1.68 bits per heavy atom. The highest BCUT2D eigenvalue weighted by Crippen LogP contribution is 2.26. The van der Waals surface area contributed by atoms with E-state index in [9.17, 15) is 23.6 Å². The number of furan rings is 1. The van der Waals surface area contributed by atoms with Gasteiger partial charge >= 0.3 is 6.03 Å². The van der Waals surface area contributed by atoms with Crippen LogP contribution in [0.15, 0.2) is 47.1 Å². The summed E-state index contributed by atoms with van der Waals surface area (Å²) in [5.41, 5.74) is 0.382. The molecule has 3 heterocycles. The van der Waals surface area contributed by atoms with Crippen LogP contribution in [0.2, 0.25) is 0 Å². The number of urea groups is 1. The number of hydrogen-bond acceptors (Lipinski definition) is 5. The Hall–Kier alpha value is -3.69. The Kier molecular flexibility index (Phi) is 5.45. The Morgan fingerprint density at radius 3 is 2.29 bits per heavy atom. The largest absolute Gasteiger partial charge is 0.459 e. The van der Waals surface area contributed by atoms with Crippen LogP contribution >= 0.6 is 0 Å². The predicted octanol–water partition coefficient (Wildman–Crippen LogP) is 1.56. The van der Waals surface area contributed by atoms with E-state index in [0.29, 0.717) is 31.9 Å². The number of carbonyl (C=O) groups excluding carboxylic acids is 4. The molecule has 10 heteroatoms. The number of halogens is 1. The molecule has 162 valence electrons. The van der Waals surface area contributed by atoms with Crippen molar-refractivity contribution in [1.82, 2.24) is 14.7 Å². The van der Waals surface area contributed by atoms with E-state index < -0.39 is 23.8 Å². The molecule has 2 fully saturated rings. The molecule has 1 aromatic heterocycles. The Morgan fingerprint density at radius 1 is 1.03 bits per heavy atom. The lowest BCUT2D eigenvalue weighted by Crippen LogP contribution is -2.53. The molecule has 0 N–H and O–H groups in total. The van der Waals surface area contributed by atoms with Crippen molar-refractivity contribution in [2.75, 3.05) is 37.6 Å². The standard InChI is InChI=1S/C21H21FN4O5/c1-14-19(28)25(21(30)26(14)16-6-4-15(22)5-7-16)13-18(27)23-8-10-24(11-9-23)20(29)17-3-2-12-31-17/h2-7,12,14H,8-11,13H2,1H3. The minimum atomic E-state index is -0.798. The summed E-state index contributed by atoms with van der Waals surface area (Å²) in [6, 6.07) is 7.03. The van der Waals surface area contributed by atoms with Gasteiger partial charge in [-0.15, -0.1) is 0 Å². The molecule has 9 nitrogen and oxygen atoms in total. The summed E-state index contributed by atoms with van der Waals surface area (Å²) < 4.78 is 18.3. The molecule has 5 amide bonds. The van der Waals surface area contributed by atoms with Crippen LogP contribution in [0.1, 0.15) is 17.5 Å². The fraction of sp³-hybridized carbons (Fsp3) is 0.333. The van der Waals surface area contributed by atoms with Crippen LogP contribution in [0.5, 0.6) is 0 Å². The zero-order valence-corrected chi connectivity index (χ0v) is 16.9. The normalized spacial score (nSPS) is 19.4. The first kappa shape index (κ1) is 20.6. The third kappa shape index (κ3) is 3.88. The summed E-state index contributed by atoms with van der Waals surface area (Å²) in [4.78, 5) is 55.8. The second-order valence-corrected chi connectivity index (χ2v) is 7.38. The van der Waals surface area contributed by atoms with Gasteiger partial charge in [0.05, 0.1) is 6.26 Å². The van der Waals surface area contributed by atoms with E-state index in [2.05, 4.69) is 0 Å². The average Bonchev–Trinajstić information content (AvgIpc) is 3.38. The van der Waals surface area contributed by atoms with Gasteiger partial charge in [0.1, 0.15) is 18.4 Å². The van der Waals surface area contributed by atoms with Crippen molar-refractivity contribution >= 4 is 29.4 Å². The summed E-state index contributed by atoms with van der Waals surface area (Å²) >= 11 is 0. The lowest BCUT2D eigenvalue weighted by Gasteiger charge is -2.34. The highest BCUT2D eigenvalue weighted by atomic mass is 19.1. The second-order valence-electron chi connectivity index (χ2n) is 7.38. The van der Waals surface area contributed by atoms with Crippen LogP contribution in [-0.4, -0.2) is 77.2 Å². The zero-order chi connectivity index (χ0) is 22.1. The lowest BCUT2D eigenvalue weighted by atomic mass is 10.2. The molecule has 0 bridgehead atoms. The molecule has 1 unspecified atom stereocenters. The number of hydrogen-bond donors (Lipinski definition) is 0. The maximum Gasteiger partial charge on any atom is 0.332 e. The van der Waals surface area contributed by atoms with E-state index >= 15 is 0 Å². The number of carbonyl (C=O) groups is 4. The first-order valence-electron chi connectivity index (χ1n) is 9.87. The molecule has 1 aromatic carbocycles. The first-order chi connectivity index (χ1) is 14.9. The van der Waals surface area contributed by atoms with Crippen LogP contribution < -0.4 is 4.90 Å². The molecular weight excluding hydrogens is 407 g/mol. The molecule has 2 saturated heterocycles. The number of piperazine rings is 1. The maximum atomic E-state index is 13.2. The highest BCUT2D eigenvalue weighted by molar-refractivity contribution is 6.15. The van der Waals surface area contributed by atoms with Gasteiger partial charge in [0.15, 0.2) is 5.76 Å². The fourth-order valence-corrected chi connectivity index (χ4v) is 3.76. The smallest absolute Gasteiger partial charge is 0.332 e. The highest BCUT2D eigenvalue weighted by Gasteiger charge is 2.44. The zero-order valence-electron chi connectivity index (χ0n) is 16.9. The number of amides is 5. The molecule has 0 spiro atoms. The van der Waals surface area contributed by atoms with Crippen LogP contribution in [0.25, 0.3) is 0 Å². The quantitative estimate of drug-likeness (QED) is 0.689. The van der Waals surface area contributed by atoms with E-state index in [1.54, 1.807) is 24.0 Å². The number of anilines is 1. The van der Waals surface area contributed by atoms with Crippen LogP contribution in [0, 0.1) is 5.82 Å². The number of nitrogens with zero attached hydrogens (tertiary/aromatic N) is 4. The molecule has 0 radical (unpaired) electrons. The number of imide groups is 1. The summed E-state index contributed by atoms with van der Waals surface area (Å²) in [7, 11) is 0. The van der Waals surface area contributed by atoms with Crippen molar-refractivity contribution in [3.63, 3.8) is 0 Å². The fourth-order valence-electron chi connectivity index (χ4n) is 3.76. The van der Waals surface area contributed by atoms with E-state index in [1.807, 2.05) is 0 Å². The minimum absolute atomic E-state index is 0.239. The Bertz CT molecular complexity index is 999. The summed E-state index contributed by atoms with van der Waals surface area (Å²) in [6.07, 6.45) is 1.42. The van der Waals surface area contributed by atoms with Gasteiger partial charge in [-0.25, -0.2) is 9.18 Å². The monoisotopic (exact) mass is 428 g/mol. The van der Waals surface area contributed by atoms with E-state index in [4.69, 9.17) is 4.42 Å². The van der Waals surface area contributed by atoms with Gasteiger partial charge in [0.2, 0.25) is 5.91 Å².